The molecule has 0 unspecified atom stereocenters. The third-order valence-electron chi connectivity index (χ3n) is 3.86. The van der Waals surface area contributed by atoms with Crippen LogP contribution in [-0.4, -0.2) is 34.6 Å². The molecule has 4 rings (SSSR count). The van der Waals surface area contributed by atoms with E-state index in [2.05, 4.69) is 20.4 Å². The van der Waals surface area contributed by atoms with Gasteiger partial charge in [0.05, 0.1) is 31.4 Å². The van der Waals surface area contributed by atoms with Crippen molar-refractivity contribution >= 4 is 21.9 Å². The second-order valence-electron chi connectivity index (χ2n) is 5.08. The topological polar surface area (TPSA) is 72.9 Å². The molecule has 0 aliphatic rings. The van der Waals surface area contributed by atoms with Crippen LogP contribution in [0.5, 0.6) is 11.5 Å². The molecule has 0 amide bonds. The summed E-state index contributed by atoms with van der Waals surface area (Å²) in [6.45, 7) is 0. The third kappa shape index (κ3) is 1.99. The number of nitrogens with zero attached hydrogens (tertiary/aromatic N) is 3. The molecule has 114 valence electrons. The number of methoxy groups -OCH3 is 2. The summed E-state index contributed by atoms with van der Waals surface area (Å²) in [7, 11) is 3.25. The number of aromatic nitrogens is 4. The molecule has 6 heteroatoms. The highest BCUT2D eigenvalue weighted by Crippen LogP contribution is 2.44. The molecule has 1 N–H and O–H groups in total. The molecule has 2 heterocycles. The Labute approximate surface area is 132 Å². The molecule has 0 fully saturated rings. The second-order valence-corrected chi connectivity index (χ2v) is 5.08. The first-order chi connectivity index (χ1) is 11.3. The minimum Gasteiger partial charge on any atom is -0.493 e. The van der Waals surface area contributed by atoms with Crippen molar-refractivity contribution in [1.29, 1.82) is 0 Å². The van der Waals surface area contributed by atoms with Gasteiger partial charge in [0.15, 0.2) is 17.1 Å². The molecule has 0 spiro atoms. The van der Waals surface area contributed by atoms with Crippen LogP contribution in [0, 0.1) is 0 Å². The summed E-state index contributed by atoms with van der Waals surface area (Å²) < 4.78 is 11.1. The Morgan fingerprint density at radius 2 is 1.78 bits per heavy atom. The molecule has 0 saturated carbocycles. The summed E-state index contributed by atoms with van der Waals surface area (Å²) in [5.74, 6) is 1.29. The van der Waals surface area contributed by atoms with Gasteiger partial charge in [-0.05, 0) is 11.6 Å². The van der Waals surface area contributed by atoms with Crippen molar-refractivity contribution in [1.82, 2.24) is 20.4 Å². The van der Waals surface area contributed by atoms with Crippen molar-refractivity contribution in [3.05, 3.63) is 42.6 Å². The monoisotopic (exact) mass is 306 g/mol. The maximum Gasteiger partial charge on any atom is 0.178 e. The van der Waals surface area contributed by atoms with E-state index in [9.17, 15) is 0 Å². The summed E-state index contributed by atoms with van der Waals surface area (Å²) in [6.07, 6.45) is 1.74. The quantitative estimate of drug-likeness (QED) is 0.629. The van der Waals surface area contributed by atoms with Gasteiger partial charge in [-0.3, -0.25) is 5.10 Å². The lowest BCUT2D eigenvalue weighted by Gasteiger charge is -2.15. The van der Waals surface area contributed by atoms with Crippen LogP contribution in [0.1, 0.15) is 0 Å². The van der Waals surface area contributed by atoms with Gasteiger partial charge in [0.25, 0.3) is 0 Å². The van der Waals surface area contributed by atoms with Crippen molar-refractivity contribution < 1.29 is 9.47 Å². The van der Waals surface area contributed by atoms with Crippen LogP contribution in [0.4, 0.5) is 0 Å². The van der Waals surface area contributed by atoms with Crippen molar-refractivity contribution in [2.75, 3.05) is 14.2 Å². The molecule has 6 nitrogen and oxygen atoms in total. The highest BCUT2D eigenvalue weighted by atomic mass is 16.5. The number of fused-ring (bicyclic) bond motifs is 3. The Kier molecular flexibility index (Phi) is 3.08. The van der Waals surface area contributed by atoms with E-state index in [1.165, 1.54) is 0 Å². The molecular formula is C17H14N4O2. The van der Waals surface area contributed by atoms with Crippen molar-refractivity contribution in [3.8, 4) is 22.6 Å². The van der Waals surface area contributed by atoms with E-state index >= 15 is 0 Å². The van der Waals surface area contributed by atoms with Crippen LogP contribution in [0.25, 0.3) is 33.1 Å². The zero-order chi connectivity index (χ0) is 15.8. The van der Waals surface area contributed by atoms with Gasteiger partial charge in [-0.25, -0.2) is 0 Å². The molecular weight excluding hydrogens is 292 g/mol. The lowest BCUT2D eigenvalue weighted by Crippen LogP contribution is -1.97. The minimum atomic E-state index is 0.642. The Hall–Kier alpha value is -3.15. The smallest absolute Gasteiger partial charge is 0.178 e. The van der Waals surface area contributed by atoms with E-state index in [-0.39, 0.29) is 0 Å². The number of aromatic amines is 1. The zero-order valence-electron chi connectivity index (χ0n) is 12.7. The molecule has 2 aromatic heterocycles. The fourth-order valence-corrected chi connectivity index (χ4v) is 2.82. The molecule has 0 bridgehead atoms. The summed E-state index contributed by atoms with van der Waals surface area (Å²) in [5, 5.41) is 17.3. The highest BCUT2D eigenvalue weighted by Gasteiger charge is 2.20. The second kappa shape index (κ2) is 5.24. The summed E-state index contributed by atoms with van der Waals surface area (Å²) >= 11 is 0. The fraction of sp³-hybridized carbons (Fsp3) is 0.118. The number of nitrogens with one attached hydrogen (secondary N) is 1. The first-order valence-corrected chi connectivity index (χ1v) is 7.13. The third-order valence-corrected chi connectivity index (χ3v) is 3.86. The van der Waals surface area contributed by atoms with Crippen LogP contribution in [-0.2, 0) is 0 Å². The van der Waals surface area contributed by atoms with E-state index in [4.69, 9.17) is 9.47 Å². The predicted octanol–water partition coefficient (Wildman–Crippen LogP) is 3.19. The van der Waals surface area contributed by atoms with Gasteiger partial charge in [-0.2, -0.15) is 5.10 Å². The summed E-state index contributed by atoms with van der Waals surface area (Å²) in [4.78, 5) is 0. The zero-order valence-corrected chi connectivity index (χ0v) is 12.7. The Morgan fingerprint density at radius 3 is 2.52 bits per heavy atom. The fourth-order valence-electron chi connectivity index (χ4n) is 2.82. The number of ether oxygens (including phenoxy) is 2. The van der Waals surface area contributed by atoms with Crippen molar-refractivity contribution in [2.24, 2.45) is 0 Å². The van der Waals surface area contributed by atoms with Gasteiger partial charge >= 0.3 is 0 Å². The van der Waals surface area contributed by atoms with Gasteiger partial charge in [0.2, 0.25) is 0 Å². The Bertz CT molecular complexity index is 996. The first-order valence-electron chi connectivity index (χ1n) is 7.13. The number of rotatable bonds is 3. The van der Waals surface area contributed by atoms with Crippen molar-refractivity contribution in [2.45, 2.75) is 0 Å². The van der Waals surface area contributed by atoms with Crippen LogP contribution < -0.4 is 9.47 Å². The van der Waals surface area contributed by atoms with Crippen LogP contribution in [0.15, 0.2) is 42.6 Å². The number of hydrogen-bond donors (Lipinski definition) is 1. The van der Waals surface area contributed by atoms with E-state index in [1.54, 1.807) is 20.4 Å². The summed E-state index contributed by atoms with van der Waals surface area (Å²) in [5.41, 5.74) is 3.25. The van der Waals surface area contributed by atoms with E-state index < -0.39 is 0 Å². The highest BCUT2D eigenvalue weighted by molar-refractivity contribution is 6.10. The molecule has 2 aromatic carbocycles. The molecule has 23 heavy (non-hydrogen) atoms. The van der Waals surface area contributed by atoms with Gasteiger partial charge in [-0.1, -0.05) is 30.3 Å². The Balaban J connectivity index is 2.20. The SMILES string of the molecule is COc1cc2c(nnc3[nH]ncc32)c(-c2ccccc2)c1OC. The van der Waals surface area contributed by atoms with E-state index in [0.29, 0.717) is 17.1 Å². The molecule has 0 radical (unpaired) electrons. The van der Waals surface area contributed by atoms with Crippen LogP contribution in [0.3, 0.4) is 0 Å². The molecule has 0 atom stereocenters. The molecule has 0 aliphatic heterocycles. The lowest BCUT2D eigenvalue weighted by atomic mass is 9.99. The summed E-state index contributed by atoms with van der Waals surface area (Å²) in [6, 6.07) is 11.9. The minimum absolute atomic E-state index is 0.642. The number of hydrogen-bond acceptors (Lipinski definition) is 5. The van der Waals surface area contributed by atoms with E-state index in [1.807, 2.05) is 36.4 Å². The van der Waals surface area contributed by atoms with Crippen LogP contribution >= 0.6 is 0 Å². The van der Waals surface area contributed by atoms with Crippen LogP contribution in [0.2, 0.25) is 0 Å². The first kappa shape index (κ1) is 13.5. The number of H-pyrrole nitrogens is 1. The normalized spacial score (nSPS) is 11.0. The van der Waals surface area contributed by atoms with Gasteiger partial charge in [0.1, 0.15) is 5.52 Å². The van der Waals surface area contributed by atoms with Gasteiger partial charge in [-0.15, -0.1) is 10.2 Å². The van der Waals surface area contributed by atoms with Gasteiger partial charge < -0.3 is 9.47 Å². The standard InChI is InChI=1S/C17H14N4O2/c1-22-13-8-11-12-9-18-20-17(12)21-19-15(11)14(16(13)23-2)10-6-4-3-5-7-10/h3-9H,1-2H3,(H,18,20,21). The maximum atomic E-state index is 5.61. The predicted molar refractivity (Wildman–Crippen MR) is 87.7 cm³/mol. The molecule has 4 aromatic rings. The molecule has 0 aliphatic carbocycles. The van der Waals surface area contributed by atoms with Gasteiger partial charge in [0, 0.05) is 5.39 Å². The average Bonchev–Trinajstić information content (AvgIpc) is 3.09. The lowest BCUT2D eigenvalue weighted by molar-refractivity contribution is 0.357. The average molecular weight is 306 g/mol. The van der Waals surface area contributed by atoms with Crippen molar-refractivity contribution in [3.63, 3.8) is 0 Å². The molecule has 0 saturated heterocycles. The number of benzene rings is 2. The Morgan fingerprint density at radius 1 is 0.957 bits per heavy atom. The largest absolute Gasteiger partial charge is 0.493 e. The van der Waals surface area contributed by atoms with E-state index in [0.717, 1.165) is 27.4 Å². The maximum absolute atomic E-state index is 5.61.